The maximum Gasteiger partial charge on any atom is 0.222 e. The van der Waals surface area contributed by atoms with Crippen LogP contribution in [-0.4, -0.2) is 42.4 Å². The Morgan fingerprint density at radius 3 is 2.65 bits per heavy atom. The van der Waals surface area contributed by atoms with Crippen molar-refractivity contribution in [3.63, 3.8) is 0 Å². The highest BCUT2D eigenvalue weighted by Crippen LogP contribution is 2.18. The molecule has 0 aromatic carbocycles. The zero-order valence-electron chi connectivity index (χ0n) is 13.0. The van der Waals surface area contributed by atoms with Crippen molar-refractivity contribution in [1.29, 1.82) is 0 Å². The normalized spacial score (nSPS) is 20.9. The minimum atomic E-state index is -0.0241. The van der Waals surface area contributed by atoms with Crippen LogP contribution in [-0.2, 0) is 9.59 Å². The molecule has 5 heteroatoms. The number of piperidine rings is 1. The molecule has 0 aromatic heterocycles. The van der Waals surface area contributed by atoms with Crippen LogP contribution in [0.5, 0.6) is 0 Å². The lowest BCUT2D eigenvalue weighted by molar-refractivity contribution is -0.134. The molecule has 116 valence electrons. The van der Waals surface area contributed by atoms with Gasteiger partial charge in [-0.2, -0.15) is 0 Å². The summed E-state index contributed by atoms with van der Waals surface area (Å²) in [6.07, 6.45) is 3.43. The molecule has 3 N–H and O–H groups in total. The Balaban J connectivity index is 2.47. The van der Waals surface area contributed by atoms with Crippen LogP contribution in [0, 0.1) is 11.8 Å². The van der Waals surface area contributed by atoms with E-state index in [1.807, 2.05) is 4.90 Å². The van der Waals surface area contributed by atoms with E-state index in [9.17, 15) is 9.59 Å². The van der Waals surface area contributed by atoms with Crippen LogP contribution >= 0.6 is 0 Å². The van der Waals surface area contributed by atoms with E-state index >= 15 is 0 Å². The molecule has 0 radical (unpaired) electrons. The molecule has 0 spiro atoms. The fourth-order valence-electron chi connectivity index (χ4n) is 2.91. The highest BCUT2D eigenvalue weighted by molar-refractivity contribution is 5.77. The van der Waals surface area contributed by atoms with Crippen molar-refractivity contribution in [3.05, 3.63) is 0 Å². The number of hydrogen-bond donors (Lipinski definition) is 2. The predicted molar refractivity (Wildman–Crippen MR) is 80.0 cm³/mol. The van der Waals surface area contributed by atoms with Gasteiger partial charge in [0, 0.05) is 32.5 Å². The SMILES string of the molecule is CC(=O)NC1CCCN(C(=O)CC(CN)CC(C)C)C1. The summed E-state index contributed by atoms with van der Waals surface area (Å²) in [6, 6.07) is 0.103. The first-order valence-corrected chi connectivity index (χ1v) is 7.67. The minimum Gasteiger partial charge on any atom is -0.352 e. The Morgan fingerprint density at radius 1 is 1.40 bits per heavy atom. The van der Waals surface area contributed by atoms with Crippen molar-refractivity contribution in [2.24, 2.45) is 17.6 Å². The lowest BCUT2D eigenvalue weighted by atomic mass is 9.93. The molecule has 1 heterocycles. The monoisotopic (exact) mass is 283 g/mol. The van der Waals surface area contributed by atoms with E-state index in [1.165, 1.54) is 6.92 Å². The number of nitrogens with two attached hydrogens (primary N) is 1. The topological polar surface area (TPSA) is 75.4 Å². The van der Waals surface area contributed by atoms with Gasteiger partial charge >= 0.3 is 0 Å². The summed E-state index contributed by atoms with van der Waals surface area (Å²) in [5.74, 6) is 0.980. The van der Waals surface area contributed by atoms with Gasteiger partial charge < -0.3 is 16.0 Å². The Kier molecular flexibility index (Phi) is 6.99. The van der Waals surface area contributed by atoms with E-state index in [2.05, 4.69) is 19.2 Å². The second-order valence-corrected chi connectivity index (χ2v) is 6.31. The van der Waals surface area contributed by atoms with Gasteiger partial charge in [-0.1, -0.05) is 13.8 Å². The maximum atomic E-state index is 12.3. The van der Waals surface area contributed by atoms with Crippen LogP contribution in [0.3, 0.4) is 0 Å². The molecule has 1 aliphatic heterocycles. The Hall–Kier alpha value is -1.10. The van der Waals surface area contributed by atoms with Gasteiger partial charge in [-0.25, -0.2) is 0 Å². The highest BCUT2D eigenvalue weighted by Gasteiger charge is 2.25. The van der Waals surface area contributed by atoms with E-state index in [0.29, 0.717) is 25.4 Å². The van der Waals surface area contributed by atoms with Crippen molar-refractivity contribution in [3.8, 4) is 0 Å². The van der Waals surface area contributed by atoms with E-state index in [0.717, 1.165) is 25.8 Å². The lowest BCUT2D eigenvalue weighted by Crippen LogP contribution is -2.49. The van der Waals surface area contributed by atoms with Crippen molar-refractivity contribution in [2.75, 3.05) is 19.6 Å². The average Bonchev–Trinajstić information content (AvgIpc) is 2.36. The van der Waals surface area contributed by atoms with Crippen LogP contribution in [0.15, 0.2) is 0 Å². The third-order valence-corrected chi connectivity index (χ3v) is 3.78. The summed E-state index contributed by atoms with van der Waals surface area (Å²) in [4.78, 5) is 25.3. The second-order valence-electron chi connectivity index (χ2n) is 6.31. The van der Waals surface area contributed by atoms with Crippen LogP contribution < -0.4 is 11.1 Å². The first-order valence-electron chi connectivity index (χ1n) is 7.67. The number of likely N-dealkylation sites (tertiary alicyclic amines) is 1. The molecule has 2 atom stereocenters. The summed E-state index contributed by atoms with van der Waals surface area (Å²) in [6.45, 7) is 7.83. The van der Waals surface area contributed by atoms with E-state index in [4.69, 9.17) is 5.73 Å². The van der Waals surface area contributed by atoms with Gasteiger partial charge in [-0.3, -0.25) is 9.59 Å². The Labute approximate surface area is 122 Å². The molecule has 1 rings (SSSR count). The number of nitrogens with zero attached hydrogens (tertiary/aromatic N) is 1. The fourth-order valence-corrected chi connectivity index (χ4v) is 2.91. The van der Waals surface area contributed by atoms with Gasteiger partial charge in [-0.05, 0) is 37.6 Å². The second kappa shape index (κ2) is 8.25. The van der Waals surface area contributed by atoms with Crippen molar-refractivity contribution < 1.29 is 9.59 Å². The standard InChI is InChI=1S/C15H29N3O2/c1-11(2)7-13(9-16)8-15(20)18-6-4-5-14(10-18)17-12(3)19/h11,13-14H,4-10,16H2,1-3H3,(H,17,19). The van der Waals surface area contributed by atoms with Crippen LogP contribution in [0.1, 0.15) is 46.5 Å². The summed E-state index contributed by atoms with van der Waals surface area (Å²) in [5.41, 5.74) is 5.76. The molecule has 2 amide bonds. The van der Waals surface area contributed by atoms with E-state index in [1.54, 1.807) is 0 Å². The first-order chi connectivity index (χ1) is 9.42. The van der Waals surface area contributed by atoms with Crippen molar-refractivity contribution >= 4 is 11.8 Å². The Bertz CT molecular complexity index is 331. The fraction of sp³-hybridized carbons (Fsp3) is 0.867. The quantitative estimate of drug-likeness (QED) is 0.767. The first kappa shape index (κ1) is 17.0. The number of hydrogen-bond acceptors (Lipinski definition) is 3. The van der Waals surface area contributed by atoms with Gasteiger partial charge in [-0.15, -0.1) is 0 Å². The molecule has 0 bridgehead atoms. The minimum absolute atomic E-state index is 0.0241. The molecule has 2 unspecified atom stereocenters. The zero-order chi connectivity index (χ0) is 15.1. The summed E-state index contributed by atoms with van der Waals surface area (Å²) in [7, 11) is 0. The van der Waals surface area contributed by atoms with Gasteiger partial charge in [0.1, 0.15) is 0 Å². The number of rotatable bonds is 6. The highest BCUT2D eigenvalue weighted by atomic mass is 16.2. The average molecular weight is 283 g/mol. The number of carbonyl (C=O) groups is 2. The molecular formula is C15H29N3O2. The third-order valence-electron chi connectivity index (χ3n) is 3.78. The van der Waals surface area contributed by atoms with E-state index in [-0.39, 0.29) is 23.8 Å². The van der Waals surface area contributed by atoms with Crippen LogP contribution in [0.25, 0.3) is 0 Å². The molecule has 1 fully saturated rings. The smallest absolute Gasteiger partial charge is 0.222 e. The zero-order valence-corrected chi connectivity index (χ0v) is 13.0. The number of amides is 2. The van der Waals surface area contributed by atoms with Crippen molar-refractivity contribution in [2.45, 2.75) is 52.5 Å². The third kappa shape index (κ3) is 5.90. The molecule has 5 nitrogen and oxygen atoms in total. The summed E-state index contributed by atoms with van der Waals surface area (Å²) in [5, 5.41) is 2.91. The molecule has 20 heavy (non-hydrogen) atoms. The largest absolute Gasteiger partial charge is 0.352 e. The summed E-state index contributed by atoms with van der Waals surface area (Å²) < 4.78 is 0. The van der Waals surface area contributed by atoms with Crippen LogP contribution in [0.4, 0.5) is 0 Å². The lowest BCUT2D eigenvalue weighted by Gasteiger charge is -2.34. The van der Waals surface area contributed by atoms with Gasteiger partial charge in [0.2, 0.25) is 11.8 Å². The number of nitrogens with one attached hydrogen (secondary N) is 1. The molecular weight excluding hydrogens is 254 g/mol. The maximum absolute atomic E-state index is 12.3. The molecule has 1 saturated heterocycles. The van der Waals surface area contributed by atoms with Gasteiger partial charge in [0.25, 0.3) is 0 Å². The molecule has 1 aliphatic rings. The van der Waals surface area contributed by atoms with Crippen molar-refractivity contribution in [1.82, 2.24) is 10.2 Å². The summed E-state index contributed by atoms with van der Waals surface area (Å²) >= 11 is 0. The number of carbonyl (C=O) groups excluding carboxylic acids is 2. The molecule has 0 aromatic rings. The Morgan fingerprint density at radius 2 is 2.10 bits per heavy atom. The van der Waals surface area contributed by atoms with Gasteiger partial charge in [0.05, 0.1) is 0 Å². The van der Waals surface area contributed by atoms with E-state index < -0.39 is 0 Å². The molecule has 0 saturated carbocycles. The predicted octanol–water partition coefficient (Wildman–Crippen LogP) is 1.12. The van der Waals surface area contributed by atoms with Crippen LogP contribution in [0.2, 0.25) is 0 Å². The molecule has 0 aliphatic carbocycles. The van der Waals surface area contributed by atoms with Gasteiger partial charge in [0.15, 0.2) is 0 Å².